The summed E-state index contributed by atoms with van der Waals surface area (Å²) < 4.78 is 10.6. The van der Waals surface area contributed by atoms with Crippen molar-refractivity contribution in [2.45, 2.75) is 19.9 Å². The molecule has 0 amide bonds. The highest BCUT2D eigenvalue weighted by molar-refractivity contribution is 6.34. The molecule has 1 N–H and O–H groups in total. The Morgan fingerprint density at radius 1 is 1.25 bits per heavy atom. The van der Waals surface area contributed by atoms with E-state index in [4.69, 9.17) is 32.4 Å². The predicted octanol–water partition coefficient (Wildman–Crippen LogP) is 4.60. The van der Waals surface area contributed by atoms with Crippen molar-refractivity contribution in [1.29, 1.82) is 0 Å². The van der Waals surface area contributed by atoms with E-state index in [0.717, 1.165) is 23.4 Å². The van der Waals surface area contributed by atoms with Gasteiger partial charge < -0.3 is 14.5 Å². The second kappa shape index (κ2) is 6.53. The summed E-state index contributed by atoms with van der Waals surface area (Å²) in [6.07, 6.45) is 1.67. The van der Waals surface area contributed by atoms with Crippen molar-refractivity contribution in [3.05, 3.63) is 51.4 Å². The molecule has 5 heteroatoms. The lowest BCUT2D eigenvalue weighted by Crippen LogP contribution is -2.22. The molecule has 0 aliphatic heterocycles. The standard InChI is InChI=1S/C15H17Cl2NO2/c1-4-18-15(10-5-6-20-9(10)2)11-7-13(17)14(19-3)8-12(11)16/h5-8,15,18H,4H2,1-3H3. The molecule has 1 heterocycles. The van der Waals surface area contributed by atoms with E-state index in [1.165, 1.54) is 0 Å². The lowest BCUT2D eigenvalue weighted by molar-refractivity contribution is 0.414. The van der Waals surface area contributed by atoms with Crippen LogP contribution in [0.25, 0.3) is 0 Å². The topological polar surface area (TPSA) is 34.4 Å². The number of halogens is 2. The van der Waals surface area contributed by atoms with Crippen LogP contribution in [0.1, 0.15) is 29.9 Å². The number of aryl methyl sites for hydroxylation is 1. The predicted molar refractivity (Wildman–Crippen MR) is 82.0 cm³/mol. The van der Waals surface area contributed by atoms with Crippen LogP contribution >= 0.6 is 23.2 Å². The lowest BCUT2D eigenvalue weighted by atomic mass is 9.99. The van der Waals surface area contributed by atoms with Crippen LogP contribution in [0, 0.1) is 6.92 Å². The zero-order chi connectivity index (χ0) is 14.7. The van der Waals surface area contributed by atoms with Crippen LogP contribution in [-0.4, -0.2) is 13.7 Å². The van der Waals surface area contributed by atoms with E-state index >= 15 is 0 Å². The van der Waals surface area contributed by atoms with E-state index in [9.17, 15) is 0 Å². The smallest absolute Gasteiger partial charge is 0.138 e. The van der Waals surface area contributed by atoms with Gasteiger partial charge in [-0.15, -0.1) is 0 Å². The monoisotopic (exact) mass is 313 g/mol. The number of methoxy groups -OCH3 is 1. The molecule has 0 radical (unpaired) electrons. The van der Waals surface area contributed by atoms with Crippen LogP contribution in [0.5, 0.6) is 5.75 Å². The molecular weight excluding hydrogens is 297 g/mol. The largest absolute Gasteiger partial charge is 0.495 e. The van der Waals surface area contributed by atoms with Crippen molar-refractivity contribution in [2.75, 3.05) is 13.7 Å². The Morgan fingerprint density at radius 2 is 2.00 bits per heavy atom. The molecule has 1 aromatic heterocycles. The fourth-order valence-corrected chi connectivity index (χ4v) is 2.72. The van der Waals surface area contributed by atoms with Crippen LogP contribution in [0.2, 0.25) is 10.0 Å². The number of rotatable bonds is 5. The molecule has 2 aromatic rings. The first-order valence-corrected chi connectivity index (χ1v) is 7.14. The van der Waals surface area contributed by atoms with Crippen molar-refractivity contribution >= 4 is 23.2 Å². The number of ether oxygens (including phenoxy) is 1. The fraction of sp³-hybridized carbons (Fsp3) is 0.333. The molecule has 0 saturated heterocycles. The molecule has 1 unspecified atom stereocenters. The molecule has 2 rings (SSSR count). The van der Waals surface area contributed by atoms with E-state index in [0.29, 0.717) is 15.8 Å². The van der Waals surface area contributed by atoms with Gasteiger partial charge >= 0.3 is 0 Å². The lowest BCUT2D eigenvalue weighted by Gasteiger charge is -2.20. The molecule has 0 aliphatic rings. The molecular formula is C15H17Cl2NO2. The minimum absolute atomic E-state index is 0.0605. The van der Waals surface area contributed by atoms with E-state index < -0.39 is 0 Å². The van der Waals surface area contributed by atoms with Crippen molar-refractivity contribution in [2.24, 2.45) is 0 Å². The second-order valence-corrected chi connectivity index (χ2v) is 5.25. The van der Waals surface area contributed by atoms with Gasteiger partial charge in [0.15, 0.2) is 0 Å². The number of hydrogen-bond acceptors (Lipinski definition) is 3. The molecule has 108 valence electrons. The van der Waals surface area contributed by atoms with Crippen molar-refractivity contribution in [3.63, 3.8) is 0 Å². The molecule has 0 saturated carbocycles. The number of hydrogen-bond donors (Lipinski definition) is 1. The first-order valence-electron chi connectivity index (χ1n) is 6.38. The first-order chi connectivity index (χ1) is 9.58. The summed E-state index contributed by atoms with van der Waals surface area (Å²) in [5, 5.41) is 4.55. The minimum Gasteiger partial charge on any atom is -0.495 e. The molecule has 0 aliphatic carbocycles. The summed E-state index contributed by atoms with van der Waals surface area (Å²) in [6.45, 7) is 4.77. The van der Waals surface area contributed by atoms with Gasteiger partial charge in [0, 0.05) is 16.7 Å². The molecule has 1 atom stereocenters. The maximum Gasteiger partial charge on any atom is 0.138 e. The van der Waals surface area contributed by atoms with Crippen LogP contribution in [0.15, 0.2) is 28.9 Å². The zero-order valence-electron chi connectivity index (χ0n) is 11.7. The van der Waals surface area contributed by atoms with Gasteiger partial charge in [-0.25, -0.2) is 0 Å². The maximum atomic E-state index is 6.37. The van der Waals surface area contributed by atoms with Gasteiger partial charge in [-0.05, 0) is 31.2 Å². The Bertz CT molecular complexity index is 596. The zero-order valence-corrected chi connectivity index (χ0v) is 13.2. The molecule has 0 spiro atoms. The fourth-order valence-electron chi connectivity index (χ4n) is 2.21. The highest BCUT2D eigenvalue weighted by Gasteiger charge is 2.21. The molecule has 20 heavy (non-hydrogen) atoms. The van der Waals surface area contributed by atoms with E-state index in [1.54, 1.807) is 19.4 Å². The average Bonchev–Trinajstić information content (AvgIpc) is 2.84. The Hall–Kier alpha value is -1.16. The van der Waals surface area contributed by atoms with E-state index in [2.05, 4.69) is 5.32 Å². The Morgan fingerprint density at radius 3 is 2.55 bits per heavy atom. The summed E-state index contributed by atoms with van der Waals surface area (Å²) in [7, 11) is 1.57. The summed E-state index contributed by atoms with van der Waals surface area (Å²) >= 11 is 12.6. The van der Waals surface area contributed by atoms with E-state index in [1.807, 2.05) is 26.0 Å². The quantitative estimate of drug-likeness (QED) is 0.875. The molecule has 0 fully saturated rings. The third-order valence-electron chi connectivity index (χ3n) is 3.20. The van der Waals surface area contributed by atoms with Gasteiger partial charge in [-0.1, -0.05) is 30.1 Å². The summed E-state index contributed by atoms with van der Waals surface area (Å²) in [4.78, 5) is 0. The Kier molecular flexibility index (Phi) is 4.97. The highest BCUT2D eigenvalue weighted by atomic mass is 35.5. The van der Waals surface area contributed by atoms with Crippen LogP contribution < -0.4 is 10.1 Å². The highest BCUT2D eigenvalue weighted by Crippen LogP contribution is 2.37. The van der Waals surface area contributed by atoms with Gasteiger partial charge in [0.05, 0.1) is 24.4 Å². The number of furan rings is 1. The van der Waals surface area contributed by atoms with Crippen molar-refractivity contribution in [1.82, 2.24) is 5.32 Å². The van der Waals surface area contributed by atoms with Gasteiger partial charge in [-0.2, -0.15) is 0 Å². The SMILES string of the molecule is CCNC(c1cc(Cl)c(OC)cc1Cl)c1ccoc1C. The summed E-state index contributed by atoms with van der Waals surface area (Å²) in [5.41, 5.74) is 1.96. The Labute approximate surface area is 128 Å². The van der Waals surface area contributed by atoms with Gasteiger partial charge in [-0.3, -0.25) is 0 Å². The Balaban J connectivity index is 2.50. The summed E-state index contributed by atoms with van der Waals surface area (Å²) in [5.74, 6) is 1.43. The second-order valence-electron chi connectivity index (χ2n) is 4.43. The van der Waals surface area contributed by atoms with Crippen LogP contribution in [-0.2, 0) is 0 Å². The van der Waals surface area contributed by atoms with Crippen LogP contribution in [0.3, 0.4) is 0 Å². The molecule has 3 nitrogen and oxygen atoms in total. The normalized spacial score (nSPS) is 12.4. The average molecular weight is 314 g/mol. The van der Waals surface area contributed by atoms with Crippen LogP contribution in [0.4, 0.5) is 0 Å². The number of nitrogens with one attached hydrogen (secondary N) is 1. The third-order valence-corrected chi connectivity index (χ3v) is 3.82. The van der Waals surface area contributed by atoms with Gasteiger partial charge in [0.2, 0.25) is 0 Å². The van der Waals surface area contributed by atoms with E-state index in [-0.39, 0.29) is 6.04 Å². The minimum atomic E-state index is -0.0605. The van der Waals surface area contributed by atoms with Gasteiger partial charge in [0.1, 0.15) is 11.5 Å². The third kappa shape index (κ3) is 2.95. The van der Waals surface area contributed by atoms with Gasteiger partial charge in [0.25, 0.3) is 0 Å². The first kappa shape index (κ1) is 15.2. The molecule has 1 aromatic carbocycles. The summed E-state index contributed by atoms with van der Waals surface area (Å²) in [6, 6.07) is 5.45. The molecule has 0 bridgehead atoms. The number of benzene rings is 1. The maximum absolute atomic E-state index is 6.37. The van der Waals surface area contributed by atoms with Crippen molar-refractivity contribution < 1.29 is 9.15 Å². The van der Waals surface area contributed by atoms with Crippen molar-refractivity contribution in [3.8, 4) is 5.75 Å².